The van der Waals surface area contributed by atoms with Crippen LogP contribution in [0.5, 0.6) is 0 Å². The maximum absolute atomic E-state index is 12.8. The molecule has 18 heavy (non-hydrogen) atoms. The molecule has 0 fully saturated rings. The highest BCUT2D eigenvalue weighted by Gasteiger charge is 2.37. The molecule has 0 radical (unpaired) electrons. The lowest BCUT2D eigenvalue weighted by molar-refractivity contribution is -0.139. The van der Waals surface area contributed by atoms with E-state index in [4.69, 9.17) is 11.0 Å². The molecule has 2 N–H and O–H groups in total. The van der Waals surface area contributed by atoms with Crippen LogP contribution in [-0.4, -0.2) is 4.98 Å². The molecule has 0 aromatic carbocycles. The molecule has 1 rings (SSSR count). The predicted octanol–water partition coefficient (Wildman–Crippen LogP) is 2.56. The number of hydrogen-bond acceptors (Lipinski definition) is 3. The average molecular weight is 265 g/mol. The van der Waals surface area contributed by atoms with Crippen molar-refractivity contribution in [3.8, 4) is 6.07 Å². The Morgan fingerprint density at radius 3 is 2.39 bits per heavy atom. The zero-order valence-corrected chi connectivity index (χ0v) is 8.93. The minimum absolute atomic E-state index is 0.488. The molecule has 0 aliphatic heterocycles. The predicted molar refractivity (Wildman–Crippen MR) is 51.4 cm³/mol. The van der Waals surface area contributed by atoms with Crippen molar-refractivity contribution in [1.29, 1.82) is 5.26 Å². The number of hydrogen-bond donors (Lipinski definition) is 1. The fourth-order valence-electron chi connectivity index (χ4n) is 1.50. The average Bonchev–Trinajstić information content (AvgIpc) is 2.26. The van der Waals surface area contributed by atoms with Crippen molar-refractivity contribution < 1.29 is 22.0 Å². The Hall–Kier alpha value is -1.75. The second-order valence-electron chi connectivity index (χ2n) is 3.37. The smallest absolute Gasteiger partial charge is 0.326 e. The SMILES string of the molecule is N#CCc1nc(C(F)F)cc(CN)c1C(F)(F)F. The zero-order chi connectivity index (χ0) is 13.9. The molecule has 0 saturated carbocycles. The molecule has 3 nitrogen and oxygen atoms in total. The lowest BCUT2D eigenvalue weighted by atomic mass is 10.0. The normalized spacial score (nSPS) is 11.7. The second-order valence-corrected chi connectivity index (χ2v) is 3.37. The number of nitrogens with zero attached hydrogens (tertiary/aromatic N) is 2. The summed E-state index contributed by atoms with van der Waals surface area (Å²) in [7, 11) is 0. The minimum atomic E-state index is -4.78. The van der Waals surface area contributed by atoms with Crippen molar-refractivity contribution in [2.75, 3.05) is 0 Å². The number of pyridine rings is 1. The third-order valence-electron chi connectivity index (χ3n) is 2.17. The van der Waals surface area contributed by atoms with E-state index in [-0.39, 0.29) is 0 Å². The van der Waals surface area contributed by atoms with Gasteiger partial charge in [0.15, 0.2) is 0 Å². The Labute approximate surface area is 99.0 Å². The Morgan fingerprint density at radius 1 is 1.39 bits per heavy atom. The highest BCUT2D eigenvalue weighted by atomic mass is 19.4. The maximum Gasteiger partial charge on any atom is 0.418 e. The molecule has 1 aromatic rings. The van der Waals surface area contributed by atoms with Crippen molar-refractivity contribution >= 4 is 0 Å². The number of nitriles is 1. The highest BCUT2D eigenvalue weighted by molar-refractivity contribution is 5.37. The largest absolute Gasteiger partial charge is 0.418 e. The van der Waals surface area contributed by atoms with Crippen LogP contribution in [0.3, 0.4) is 0 Å². The Balaban J connectivity index is 3.52. The summed E-state index contributed by atoms with van der Waals surface area (Å²) >= 11 is 0. The fraction of sp³-hybridized carbons (Fsp3) is 0.400. The first kappa shape index (κ1) is 14.3. The lowest BCUT2D eigenvalue weighted by Gasteiger charge is -2.16. The highest BCUT2D eigenvalue weighted by Crippen LogP contribution is 2.35. The molecule has 1 heterocycles. The number of rotatable bonds is 3. The van der Waals surface area contributed by atoms with Gasteiger partial charge in [-0.1, -0.05) is 0 Å². The van der Waals surface area contributed by atoms with Crippen LogP contribution < -0.4 is 5.73 Å². The van der Waals surface area contributed by atoms with Crippen LogP contribution in [-0.2, 0) is 19.1 Å². The van der Waals surface area contributed by atoms with E-state index in [9.17, 15) is 22.0 Å². The summed E-state index contributed by atoms with van der Waals surface area (Å²) in [5, 5.41) is 8.43. The van der Waals surface area contributed by atoms with Crippen LogP contribution in [0.4, 0.5) is 22.0 Å². The van der Waals surface area contributed by atoms with E-state index in [2.05, 4.69) is 4.98 Å². The van der Waals surface area contributed by atoms with Crippen LogP contribution in [0.15, 0.2) is 6.07 Å². The van der Waals surface area contributed by atoms with Gasteiger partial charge in [0, 0.05) is 6.54 Å². The molecule has 1 aromatic heterocycles. The minimum Gasteiger partial charge on any atom is -0.326 e. The molecule has 0 spiro atoms. The standard InChI is InChI=1S/C10H8F5N3/c11-9(12)7-3-5(4-17)8(10(13,14)15)6(18-7)1-2-16/h3,9H,1,4,17H2. The van der Waals surface area contributed by atoms with Gasteiger partial charge >= 0.3 is 6.18 Å². The van der Waals surface area contributed by atoms with E-state index < -0.39 is 48.1 Å². The summed E-state index contributed by atoms with van der Waals surface area (Å²) in [5.41, 5.74) is 1.91. The molecule has 8 heteroatoms. The van der Waals surface area contributed by atoms with Crippen LogP contribution in [0, 0.1) is 11.3 Å². The Bertz CT molecular complexity index is 476. The number of aromatic nitrogens is 1. The summed E-state index contributed by atoms with van der Waals surface area (Å²) in [5.74, 6) is 0. The van der Waals surface area contributed by atoms with E-state index in [1.165, 1.54) is 6.07 Å². The Morgan fingerprint density at radius 2 is 2.00 bits per heavy atom. The van der Waals surface area contributed by atoms with Crippen LogP contribution in [0.2, 0.25) is 0 Å². The summed E-state index contributed by atoms with van der Waals surface area (Å²) in [6.07, 6.45) is -8.51. The van der Waals surface area contributed by atoms with Crippen molar-refractivity contribution in [1.82, 2.24) is 4.98 Å². The first-order valence-corrected chi connectivity index (χ1v) is 4.76. The van der Waals surface area contributed by atoms with Gasteiger partial charge in [0.1, 0.15) is 5.69 Å². The molecule has 0 saturated heterocycles. The first-order valence-electron chi connectivity index (χ1n) is 4.76. The molecule has 0 unspecified atom stereocenters. The van der Waals surface area contributed by atoms with E-state index >= 15 is 0 Å². The van der Waals surface area contributed by atoms with Gasteiger partial charge in [-0.2, -0.15) is 18.4 Å². The molecule has 98 valence electrons. The molecule has 0 atom stereocenters. The van der Waals surface area contributed by atoms with Crippen LogP contribution in [0.1, 0.15) is 28.9 Å². The van der Waals surface area contributed by atoms with Crippen LogP contribution >= 0.6 is 0 Å². The fourth-order valence-corrected chi connectivity index (χ4v) is 1.50. The summed E-state index contributed by atoms with van der Waals surface area (Å²) < 4.78 is 63.2. The quantitative estimate of drug-likeness (QED) is 0.854. The summed E-state index contributed by atoms with van der Waals surface area (Å²) in [4.78, 5) is 3.19. The molecular formula is C10H8F5N3. The van der Waals surface area contributed by atoms with Gasteiger partial charge < -0.3 is 5.73 Å². The molecule has 0 aliphatic carbocycles. The van der Waals surface area contributed by atoms with Crippen molar-refractivity contribution in [3.63, 3.8) is 0 Å². The maximum atomic E-state index is 12.8. The van der Waals surface area contributed by atoms with Crippen molar-refractivity contribution in [2.45, 2.75) is 25.6 Å². The van der Waals surface area contributed by atoms with Crippen molar-refractivity contribution in [3.05, 3.63) is 28.6 Å². The van der Waals surface area contributed by atoms with E-state index in [1.807, 2.05) is 0 Å². The van der Waals surface area contributed by atoms with Crippen molar-refractivity contribution in [2.24, 2.45) is 5.73 Å². The molecule has 0 aliphatic rings. The van der Waals surface area contributed by atoms with Gasteiger partial charge in [0.25, 0.3) is 6.43 Å². The molecule has 0 amide bonds. The van der Waals surface area contributed by atoms with Gasteiger partial charge in [-0.3, -0.25) is 4.98 Å². The van der Waals surface area contributed by atoms with Gasteiger partial charge in [0.05, 0.1) is 23.7 Å². The third kappa shape index (κ3) is 2.92. The Kier molecular flexibility index (Phi) is 4.19. The molecule has 0 bridgehead atoms. The number of alkyl halides is 5. The first-order chi connectivity index (χ1) is 8.31. The lowest BCUT2D eigenvalue weighted by Crippen LogP contribution is -2.18. The van der Waals surface area contributed by atoms with E-state index in [0.29, 0.717) is 6.07 Å². The molecular weight excluding hydrogens is 257 g/mol. The third-order valence-corrected chi connectivity index (χ3v) is 2.17. The van der Waals surface area contributed by atoms with Gasteiger partial charge in [-0.25, -0.2) is 8.78 Å². The zero-order valence-electron chi connectivity index (χ0n) is 8.93. The second kappa shape index (κ2) is 5.27. The topological polar surface area (TPSA) is 62.7 Å². The summed E-state index contributed by atoms with van der Waals surface area (Å²) in [6, 6.07) is 2.09. The van der Waals surface area contributed by atoms with Gasteiger partial charge in [0.2, 0.25) is 0 Å². The number of halogens is 5. The van der Waals surface area contributed by atoms with Gasteiger partial charge in [-0.05, 0) is 11.6 Å². The summed E-state index contributed by atoms with van der Waals surface area (Å²) in [6.45, 7) is -0.560. The monoisotopic (exact) mass is 265 g/mol. The van der Waals surface area contributed by atoms with Crippen LogP contribution in [0.25, 0.3) is 0 Å². The van der Waals surface area contributed by atoms with E-state index in [0.717, 1.165) is 0 Å². The van der Waals surface area contributed by atoms with Gasteiger partial charge in [-0.15, -0.1) is 0 Å². The number of nitrogens with two attached hydrogens (primary N) is 1. The van der Waals surface area contributed by atoms with E-state index in [1.54, 1.807) is 0 Å².